The molecule has 0 aliphatic rings. The van der Waals surface area contributed by atoms with Gasteiger partial charge in [-0.1, -0.05) is 0 Å². The van der Waals surface area contributed by atoms with Crippen LogP contribution < -0.4 is 4.74 Å². The van der Waals surface area contributed by atoms with E-state index in [1.54, 1.807) is 13.8 Å². The second kappa shape index (κ2) is 6.64. The summed E-state index contributed by atoms with van der Waals surface area (Å²) >= 11 is 0. The van der Waals surface area contributed by atoms with E-state index >= 15 is 0 Å². The van der Waals surface area contributed by atoms with Crippen molar-refractivity contribution in [1.29, 1.82) is 0 Å². The summed E-state index contributed by atoms with van der Waals surface area (Å²) in [6, 6.07) is 2.11. The average molecular weight is 270 g/mol. The molecule has 0 saturated heterocycles. The first-order valence-electron chi connectivity index (χ1n) is 5.58. The fourth-order valence-corrected chi connectivity index (χ4v) is 1.29. The molecule has 0 fully saturated rings. The number of carbonyl (C=O) groups is 1. The van der Waals surface area contributed by atoms with Gasteiger partial charge >= 0.3 is 11.7 Å². The molecule has 1 rings (SSSR count). The van der Waals surface area contributed by atoms with E-state index < -0.39 is 17.0 Å². The molecule has 8 nitrogen and oxygen atoms in total. The third-order valence-electron chi connectivity index (χ3n) is 2.13. The van der Waals surface area contributed by atoms with Gasteiger partial charge in [0.1, 0.15) is 6.10 Å². The van der Waals surface area contributed by atoms with Crippen LogP contribution in [-0.4, -0.2) is 40.3 Å². The van der Waals surface area contributed by atoms with Gasteiger partial charge in [0.15, 0.2) is 5.69 Å². The highest BCUT2D eigenvalue weighted by Crippen LogP contribution is 2.25. The standard InChI is InChI=1S/C11H14N2O6/c1-3-18-6-7(2)19-10-9(13(16)17)5-4-8(12-10)11(14)15/h4-5,7H,3,6H2,1-2H3,(H,14,15). The van der Waals surface area contributed by atoms with E-state index in [0.29, 0.717) is 6.61 Å². The molecule has 0 radical (unpaired) electrons. The van der Waals surface area contributed by atoms with Crippen LogP contribution in [0.4, 0.5) is 5.69 Å². The summed E-state index contributed by atoms with van der Waals surface area (Å²) in [7, 11) is 0. The van der Waals surface area contributed by atoms with E-state index in [4.69, 9.17) is 14.6 Å². The maximum atomic E-state index is 10.8. The van der Waals surface area contributed by atoms with Gasteiger partial charge in [-0.25, -0.2) is 9.78 Å². The number of nitro groups is 1. The lowest BCUT2D eigenvalue weighted by molar-refractivity contribution is -0.386. The molecule has 0 aromatic carbocycles. The Morgan fingerprint density at radius 1 is 1.58 bits per heavy atom. The molecule has 19 heavy (non-hydrogen) atoms. The van der Waals surface area contributed by atoms with Crippen LogP contribution in [0, 0.1) is 10.1 Å². The van der Waals surface area contributed by atoms with Crippen LogP contribution in [0.2, 0.25) is 0 Å². The van der Waals surface area contributed by atoms with Crippen molar-refractivity contribution in [3.05, 3.63) is 27.9 Å². The predicted octanol–water partition coefficient (Wildman–Crippen LogP) is 1.49. The van der Waals surface area contributed by atoms with Crippen LogP contribution in [0.25, 0.3) is 0 Å². The Bertz CT molecular complexity index is 476. The maximum absolute atomic E-state index is 10.8. The fourth-order valence-electron chi connectivity index (χ4n) is 1.29. The highest BCUT2D eigenvalue weighted by atomic mass is 16.6. The van der Waals surface area contributed by atoms with Crippen molar-refractivity contribution < 1.29 is 24.3 Å². The summed E-state index contributed by atoms with van der Waals surface area (Å²) in [4.78, 5) is 24.5. The Kier molecular flexibility index (Phi) is 5.19. The third-order valence-corrected chi connectivity index (χ3v) is 2.13. The van der Waals surface area contributed by atoms with Gasteiger partial charge in [0.2, 0.25) is 0 Å². The van der Waals surface area contributed by atoms with Gasteiger partial charge in [-0.15, -0.1) is 0 Å². The van der Waals surface area contributed by atoms with Crippen LogP contribution >= 0.6 is 0 Å². The topological polar surface area (TPSA) is 112 Å². The van der Waals surface area contributed by atoms with Gasteiger partial charge < -0.3 is 14.6 Å². The predicted molar refractivity (Wildman–Crippen MR) is 64.4 cm³/mol. The molecule has 0 aliphatic carbocycles. The number of carboxylic acid groups (broad SMARTS) is 1. The van der Waals surface area contributed by atoms with Crippen molar-refractivity contribution in [1.82, 2.24) is 4.98 Å². The van der Waals surface area contributed by atoms with Crippen LogP contribution in [0.3, 0.4) is 0 Å². The summed E-state index contributed by atoms with van der Waals surface area (Å²) in [5.41, 5.74) is -0.697. The number of rotatable bonds is 7. The van der Waals surface area contributed by atoms with Gasteiger partial charge in [-0.2, -0.15) is 0 Å². The normalized spacial score (nSPS) is 11.9. The average Bonchev–Trinajstić information content (AvgIpc) is 2.35. The van der Waals surface area contributed by atoms with E-state index in [1.165, 1.54) is 0 Å². The van der Waals surface area contributed by atoms with Crippen molar-refractivity contribution in [2.75, 3.05) is 13.2 Å². The zero-order chi connectivity index (χ0) is 14.4. The first kappa shape index (κ1) is 14.8. The number of ether oxygens (including phenoxy) is 2. The third kappa shape index (κ3) is 4.18. The van der Waals surface area contributed by atoms with Crippen LogP contribution in [-0.2, 0) is 4.74 Å². The van der Waals surface area contributed by atoms with E-state index in [0.717, 1.165) is 12.1 Å². The fraction of sp³-hybridized carbons (Fsp3) is 0.455. The van der Waals surface area contributed by atoms with Crippen molar-refractivity contribution in [3.63, 3.8) is 0 Å². The largest absolute Gasteiger partial charge is 0.477 e. The lowest BCUT2D eigenvalue weighted by Crippen LogP contribution is -2.20. The van der Waals surface area contributed by atoms with Crippen molar-refractivity contribution >= 4 is 11.7 Å². The van der Waals surface area contributed by atoms with Gasteiger partial charge in [0, 0.05) is 12.7 Å². The molecule has 0 spiro atoms. The number of pyridine rings is 1. The molecular formula is C11H14N2O6. The minimum Gasteiger partial charge on any atom is -0.477 e. The summed E-state index contributed by atoms with van der Waals surface area (Å²) in [6.07, 6.45) is -0.477. The van der Waals surface area contributed by atoms with Gasteiger partial charge in [-0.05, 0) is 19.9 Å². The number of nitrogens with zero attached hydrogens (tertiary/aromatic N) is 2. The van der Waals surface area contributed by atoms with Crippen LogP contribution in [0.1, 0.15) is 24.3 Å². The molecule has 0 bridgehead atoms. The molecule has 0 amide bonds. The van der Waals surface area contributed by atoms with Crippen LogP contribution in [0.15, 0.2) is 12.1 Å². The van der Waals surface area contributed by atoms with Crippen molar-refractivity contribution in [2.45, 2.75) is 20.0 Å². The minimum atomic E-state index is -1.28. The molecule has 0 aliphatic heterocycles. The lowest BCUT2D eigenvalue weighted by atomic mass is 10.3. The van der Waals surface area contributed by atoms with Gasteiger partial charge in [0.05, 0.1) is 11.5 Å². The molecule has 8 heteroatoms. The van der Waals surface area contributed by atoms with Crippen molar-refractivity contribution in [2.24, 2.45) is 0 Å². The zero-order valence-corrected chi connectivity index (χ0v) is 10.5. The Hall–Kier alpha value is -2.22. The number of aromatic nitrogens is 1. The zero-order valence-electron chi connectivity index (χ0n) is 10.5. The van der Waals surface area contributed by atoms with Crippen LogP contribution in [0.5, 0.6) is 5.88 Å². The Morgan fingerprint density at radius 2 is 2.26 bits per heavy atom. The minimum absolute atomic E-state index is 0.229. The molecule has 1 atom stereocenters. The Labute approximate surface area is 109 Å². The number of aromatic carboxylic acids is 1. The number of carboxylic acids is 1. The molecule has 0 saturated carbocycles. The number of hydrogen-bond acceptors (Lipinski definition) is 6. The molecule has 1 aromatic heterocycles. The van der Waals surface area contributed by atoms with Gasteiger partial charge in [-0.3, -0.25) is 10.1 Å². The Morgan fingerprint density at radius 3 is 2.79 bits per heavy atom. The first-order chi connectivity index (χ1) is 8.95. The Balaban J connectivity index is 2.97. The van der Waals surface area contributed by atoms with E-state index in [-0.39, 0.29) is 23.9 Å². The summed E-state index contributed by atoms with van der Waals surface area (Å²) in [6.45, 7) is 4.16. The molecule has 1 aromatic rings. The van der Waals surface area contributed by atoms with E-state index in [2.05, 4.69) is 4.98 Å². The highest BCUT2D eigenvalue weighted by molar-refractivity contribution is 5.85. The SMILES string of the molecule is CCOCC(C)Oc1nc(C(=O)O)ccc1[N+](=O)[O-]. The molecule has 1 heterocycles. The van der Waals surface area contributed by atoms with Crippen molar-refractivity contribution in [3.8, 4) is 5.88 Å². The molecule has 104 valence electrons. The number of hydrogen-bond donors (Lipinski definition) is 1. The second-order valence-corrected chi connectivity index (χ2v) is 3.67. The molecule has 1 N–H and O–H groups in total. The summed E-state index contributed by atoms with van der Waals surface area (Å²) in [5.74, 6) is -1.60. The first-order valence-corrected chi connectivity index (χ1v) is 5.58. The highest BCUT2D eigenvalue weighted by Gasteiger charge is 2.21. The van der Waals surface area contributed by atoms with E-state index in [1.807, 2.05) is 0 Å². The molecular weight excluding hydrogens is 256 g/mol. The second-order valence-electron chi connectivity index (χ2n) is 3.67. The van der Waals surface area contributed by atoms with Gasteiger partial charge in [0.25, 0.3) is 5.88 Å². The quantitative estimate of drug-likeness (QED) is 0.590. The monoisotopic (exact) mass is 270 g/mol. The maximum Gasteiger partial charge on any atom is 0.354 e. The van der Waals surface area contributed by atoms with E-state index in [9.17, 15) is 14.9 Å². The molecule has 1 unspecified atom stereocenters. The lowest BCUT2D eigenvalue weighted by Gasteiger charge is -2.13. The smallest absolute Gasteiger partial charge is 0.354 e. The summed E-state index contributed by atoms with van der Waals surface area (Å²) in [5, 5.41) is 19.6. The summed E-state index contributed by atoms with van der Waals surface area (Å²) < 4.78 is 10.4.